The molecule has 0 radical (unpaired) electrons. The number of benzene rings is 3. The summed E-state index contributed by atoms with van der Waals surface area (Å²) in [7, 11) is 1.52. The van der Waals surface area contributed by atoms with Crippen molar-refractivity contribution in [3.63, 3.8) is 0 Å². The molecule has 0 fully saturated rings. The molecule has 166 valence electrons. The molecular formula is C27H28O5. The third-order valence-electron chi connectivity index (χ3n) is 5.66. The number of rotatable bonds is 9. The number of para-hydroxylation sites is 2. The molecule has 0 spiro atoms. The number of ether oxygens (including phenoxy) is 4. The lowest BCUT2D eigenvalue weighted by atomic mass is 9.86. The second-order valence-electron chi connectivity index (χ2n) is 7.69. The predicted molar refractivity (Wildman–Crippen MR) is 122 cm³/mol. The van der Waals surface area contributed by atoms with E-state index in [0.29, 0.717) is 19.6 Å². The van der Waals surface area contributed by atoms with Crippen molar-refractivity contribution in [1.29, 1.82) is 0 Å². The van der Waals surface area contributed by atoms with Crippen LogP contribution in [0.15, 0.2) is 72.8 Å². The summed E-state index contributed by atoms with van der Waals surface area (Å²) >= 11 is 0. The molecule has 0 N–H and O–H groups in total. The number of fused-ring (bicyclic) bond motifs is 2. The van der Waals surface area contributed by atoms with Gasteiger partial charge < -0.3 is 18.9 Å². The van der Waals surface area contributed by atoms with Gasteiger partial charge in [-0.25, -0.2) is 4.79 Å². The average Bonchev–Trinajstić information content (AvgIpc) is 2.83. The van der Waals surface area contributed by atoms with E-state index >= 15 is 0 Å². The lowest BCUT2D eigenvalue weighted by molar-refractivity contribution is -0.154. The van der Waals surface area contributed by atoms with Crippen LogP contribution in [-0.2, 0) is 20.7 Å². The van der Waals surface area contributed by atoms with Crippen LogP contribution in [0.2, 0.25) is 0 Å². The van der Waals surface area contributed by atoms with Gasteiger partial charge in [0.15, 0.2) is 6.10 Å². The summed E-state index contributed by atoms with van der Waals surface area (Å²) in [5.41, 5.74) is 3.37. The van der Waals surface area contributed by atoms with Gasteiger partial charge in [-0.1, -0.05) is 48.5 Å². The zero-order valence-corrected chi connectivity index (χ0v) is 18.5. The topological polar surface area (TPSA) is 54.0 Å². The van der Waals surface area contributed by atoms with Gasteiger partial charge in [0, 0.05) is 30.6 Å². The molecule has 0 aromatic heterocycles. The molecule has 3 aromatic rings. The highest BCUT2D eigenvalue weighted by Gasteiger charge is 2.26. The van der Waals surface area contributed by atoms with E-state index in [1.54, 1.807) is 6.92 Å². The summed E-state index contributed by atoms with van der Waals surface area (Å²) in [4.78, 5) is 11.9. The van der Waals surface area contributed by atoms with Gasteiger partial charge >= 0.3 is 5.97 Å². The first-order valence-corrected chi connectivity index (χ1v) is 11.0. The van der Waals surface area contributed by atoms with E-state index < -0.39 is 6.10 Å². The maximum atomic E-state index is 11.9. The summed E-state index contributed by atoms with van der Waals surface area (Å²) < 4.78 is 22.4. The van der Waals surface area contributed by atoms with Gasteiger partial charge in [-0.15, -0.1) is 0 Å². The minimum atomic E-state index is -0.602. The Hall–Kier alpha value is -3.31. The molecule has 5 heteroatoms. The van der Waals surface area contributed by atoms with Crippen LogP contribution in [0.1, 0.15) is 36.0 Å². The Morgan fingerprint density at radius 3 is 2.16 bits per heavy atom. The van der Waals surface area contributed by atoms with Gasteiger partial charge in [0.25, 0.3) is 0 Å². The van der Waals surface area contributed by atoms with E-state index in [1.165, 1.54) is 18.2 Å². The van der Waals surface area contributed by atoms with Crippen LogP contribution in [0.3, 0.4) is 0 Å². The first kappa shape index (κ1) is 21.9. The van der Waals surface area contributed by atoms with Crippen molar-refractivity contribution in [2.75, 3.05) is 20.3 Å². The SMILES string of the molecule is CCOC(=O)C(Cc1ccc(OCCC2c3ccccc3Oc3ccccc32)cc1)OC. The Balaban J connectivity index is 1.38. The third kappa shape index (κ3) is 4.94. The standard InChI is InChI=1S/C27H28O5/c1-3-30-27(28)26(29-2)18-19-12-14-20(15-13-19)31-17-16-21-22-8-4-6-10-24(22)32-25-11-7-5-9-23(21)25/h4-15,21,26H,3,16-18H2,1-2H3. The normalized spacial score (nSPS) is 13.4. The second-order valence-corrected chi connectivity index (χ2v) is 7.69. The monoisotopic (exact) mass is 432 g/mol. The first-order valence-electron chi connectivity index (χ1n) is 11.0. The fourth-order valence-electron chi connectivity index (χ4n) is 4.05. The lowest BCUT2D eigenvalue weighted by Gasteiger charge is -2.28. The molecule has 1 atom stereocenters. The smallest absolute Gasteiger partial charge is 0.335 e. The molecular weight excluding hydrogens is 404 g/mol. The number of carbonyl (C=O) groups excluding carboxylic acids is 1. The van der Waals surface area contributed by atoms with Gasteiger partial charge in [-0.05, 0) is 43.2 Å². The summed E-state index contributed by atoms with van der Waals surface area (Å²) in [6.45, 7) is 2.71. The molecule has 1 aliphatic heterocycles. The quantitative estimate of drug-likeness (QED) is 0.417. The van der Waals surface area contributed by atoms with Crippen LogP contribution in [-0.4, -0.2) is 32.4 Å². The third-order valence-corrected chi connectivity index (χ3v) is 5.66. The Morgan fingerprint density at radius 2 is 1.56 bits per heavy atom. The van der Waals surface area contributed by atoms with Crippen LogP contribution in [0, 0.1) is 0 Å². The Morgan fingerprint density at radius 1 is 0.938 bits per heavy atom. The van der Waals surface area contributed by atoms with Crippen LogP contribution in [0.5, 0.6) is 17.2 Å². The lowest BCUT2D eigenvalue weighted by Crippen LogP contribution is -2.27. The maximum Gasteiger partial charge on any atom is 0.335 e. The molecule has 32 heavy (non-hydrogen) atoms. The molecule has 1 unspecified atom stereocenters. The Labute approximate surface area is 188 Å². The number of hydrogen-bond acceptors (Lipinski definition) is 5. The van der Waals surface area contributed by atoms with E-state index in [-0.39, 0.29) is 11.9 Å². The van der Waals surface area contributed by atoms with Crippen molar-refractivity contribution < 1.29 is 23.7 Å². The molecule has 0 saturated carbocycles. The number of methoxy groups -OCH3 is 1. The van der Waals surface area contributed by atoms with E-state index in [0.717, 1.165) is 29.2 Å². The van der Waals surface area contributed by atoms with Gasteiger partial charge in [0.05, 0.1) is 13.2 Å². The minimum Gasteiger partial charge on any atom is -0.494 e. The van der Waals surface area contributed by atoms with E-state index in [2.05, 4.69) is 12.1 Å². The summed E-state index contributed by atoms with van der Waals surface area (Å²) in [5.74, 6) is 2.51. The molecule has 5 nitrogen and oxygen atoms in total. The predicted octanol–water partition coefficient (Wildman–Crippen LogP) is 5.51. The summed E-state index contributed by atoms with van der Waals surface area (Å²) in [6.07, 6.45) is 0.703. The molecule has 4 rings (SSSR count). The first-order chi connectivity index (χ1) is 15.7. The van der Waals surface area contributed by atoms with Gasteiger partial charge in [-0.3, -0.25) is 0 Å². The summed E-state index contributed by atoms with van der Waals surface area (Å²) in [6, 6.07) is 24.1. The van der Waals surface area contributed by atoms with Crippen LogP contribution in [0.25, 0.3) is 0 Å². The van der Waals surface area contributed by atoms with E-state index in [4.69, 9.17) is 18.9 Å². The van der Waals surface area contributed by atoms with Crippen LogP contribution in [0.4, 0.5) is 0 Å². The summed E-state index contributed by atoms with van der Waals surface area (Å²) in [5, 5.41) is 0. The van der Waals surface area contributed by atoms with E-state index in [1.807, 2.05) is 60.7 Å². The minimum absolute atomic E-state index is 0.225. The molecule has 0 aliphatic carbocycles. The number of carbonyl (C=O) groups is 1. The van der Waals surface area contributed by atoms with Gasteiger partial charge in [-0.2, -0.15) is 0 Å². The average molecular weight is 433 g/mol. The fourth-order valence-corrected chi connectivity index (χ4v) is 4.05. The Bertz CT molecular complexity index is 998. The molecule has 0 bridgehead atoms. The van der Waals surface area contributed by atoms with Crippen molar-refractivity contribution >= 4 is 5.97 Å². The maximum absolute atomic E-state index is 11.9. The largest absolute Gasteiger partial charge is 0.494 e. The molecule has 0 amide bonds. The highest BCUT2D eigenvalue weighted by molar-refractivity contribution is 5.75. The molecule has 1 heterocycles. The van der Waals surface area contributed by atoms with Crippen molar-refractivity contribution in [3.8, 4) is 17.2 Å². The number of esters is 1. The second kappa shape index (κ2) is 10.3. The van der Waals surface area contributed by atoms with Gasteiger partial charge in [0.2, 0.25) is 0 Å². The van der Waals surface area contributed by atoms with Crippen molar-refractivity contribution in [2.45, 2.75) is 31.8 Å². The van der Waals surface area contributed by atoms with Crippen molar-refractivity contribution in [3.05, 3.63) is 89.5 Å². The van der Waals surface area contributed by atoms with Gasteiger partial charge in [0.1, 0.15) is 17.2 Å². The molecule has 3 aromatic carbocycles. The Kier molecular flexibility index (Phi) is 7.07. The molecule has 1 aliphatic rings. The van der Waals surface area contributed by atoms with Crippen LogP contribution < -0.4 is 9.47 Å². The zero-order valence-electron chi connectivity index (χ0n) is 18.5. The highest BCUT2D eigenvalue weighted by Crippen LogP contribution is 2.45. The number of hydrogen-bond donors (Lipinski definition) is 0. The van der Waals surface area contributed by atoms with Crippen molar-refractivity contribution in [2.24, 2.45) is 0 Å². The van der Waals surface area contributed by atoms with Crippen LogP contribution >= 0.6 is 0 Å². The zero-order chi connectivity index (χ0) is 22.3. The van der Waals surface area contributed by atoms with Crippen molar-refractivity contribution in [1.82, 2.24) is 0 Å². The highest BCUT2D eigenvalue weighted by atomic mass is 16.6. The van der Waals surface area contributed by atoms with E-state index in [9.17, 15) is 4.79 Å². The molecule has 0 saturated heterocycles. The fraction of sp³-hybridized carbons (Fsp3) is 0.296.